The molecule has 9 nitrogen and oxygen atoms in total. The second kappa shape index (κ2) is 9.39. The van der Waals surface area contributed by atoms with Gasteiger partial charge >= 0.3 is 0 Å². The molecule has 3 aromatic rings. The van der Waals surface area contributed by atoms with Gasteiger partial charge in [0.2, 0.25) is 5.91 Å². The number of carbonyl (C=O) groups is 1. The van der Waals surface area contributed by atoms with Gasteiger partial charge in [-0.25, -0.2) is 0 Å². The van der Waals surface area contributed by atoms with Crippen molar-refractivity contribution in [2.75, 3.05) is 11.1 Å². The first-order valence-electron chi connectivity index (χ1n) is 8.29. The SMILES string of the molecule is Cc1ccc(NC(=O)CSc2nnc(COc3ccc(Cl)cc3)o2)c([N+](=O)[O-])c1. The van der Waals surface area contributed by atoms with E-state index in [9.17, 15) is 14.9 Å². The highest BCUT2D eigenvalue weighted by atomic mass is 35.5. The number of benzene rings is 2. The van der Waals surface area contributed by atoms with Gasteiger partial charge in [0.25, 0.3) is 16.8 Å². The molecule has 0 radical (unpaired) electrons. The fraction of sp³-hybridized carbons (Fsp3) is 0.167. The van der Waals surface area contributed by atoms with Crippen LogP contribution in [0.3, 0.4) is 0 Å². The predicted octanol–water partition coefficient (Wildman–Crippen LogP) is 4.25. The van der Waals surface area contributed by atoms with E-state index in [1.165, 1.54) is 12.1 Å². The second-order valence-corrected chi connectivity index (χ2v) is 7.18. The van der Waals surface area contributed by atoms with Gasteiger partial charge in [0, 0.05) is 11.1 Å². The maximum Gasteiger partial charge on any atom is 0.293 e. The van der Waals surface area contributed by atoms with Crippen LogP contribution < -0.4 is 10.1 Å². The third kappa shape index (κ3) is 5.93. The normalized spacial score (nSPS) is 10.6. The van der Waals surface area contributed by atoms with E-state index in [0.717, 1.165) is 17.3 Å². The minimum absolute atomic E-state index is 0.0509. The molecule has 150 valence electrons. The Bertz CT molecular complexity index is 1030. The monoisotopic (exact) mass is 434 g/mol. The van der Waals surface area contributed by atoms with Crippen molar-refractivity contribution < 1.29 is 18.9 Å². The molecular formula is C18H15ClN4O5S. The summed E-state index contributed by atoms with van der Waals surface area (Å²) in [4.78, 5) is 22.7. The van der Waals surface area contributed by atoms with E-state index in [2.05, 4.69) is 15.5 Å². The highest BCUT2D eigenvalue weighted by Gasteiger charge is 2.17. The van der Waals surface area contributed by atoms with Crippen molar-refractivity contribution in [1.82, 2.24) is 10.2 Å². The van der Waals surface area contributed by atoms with Crippen molar-refractivity contribution in [3.63, 3.8) is 0 Å². The van der Waals surface area contributed by atoms with Crippen molar-refractivity contribution in [1.29, 1.82) is 0 Å². The maximum atomic E-state index is 12.1. The Balaban J connectivity index is 1.51. The van der Waals surface area contributed by atoms with E-state index < -0.39 is 10.8 Å². The third-order valence-electron chi connectivity index (χ3n) is 3.58. The van der Waals surface area contributed by atoms with Crippen LogP contribution in [0, 0.1) is 17.0 Å². The molecule has 0 atom stereocenters. The Hall–Kier alpha value is -3.11. The Morgan fingerprint density at radius 1 is 1.28 bits per heavy atom. The van der Waals surface area contributed by atoms with E-state index in [4.69, 9.17) is 20.8 Å². The molecule has 1 N–H and O–H groups in total. The molecule has 1 amide bonds. The summed E-state index contributed by atoms with van der Waals surface area (Å²) in [6.45, 7) is 1.80. The lowest BCUT2D eigenvalue weighted by atomic mass is 10.2. The van der Waals surface area contributed by atoms with E-state index in [0.29, 0.717) is 10.8 Å². The predicted molar refractivity (Wildman–Crippen MR) is 107 cm³/mol. The Morgan fingerprint density at radius 2 is 2.03 bits per heavy atom. The fourth-order valence-electron chi connectivity index (χ4n) is 2.24. The van der Waals surface area contributed by atoms with Crippen LogP contribution in [0.5, 0.6) is 5.75 Å². The third-order valence-corrected chi connectivity index (χ3v) is 4.65. The van der Waals surface area contributed by atoms with Gasteiger partial charge in [-0.05, 0) is 42.8 Å². The van der Waals surface area contributed by atoms with Crippen LogP contribution in [0.4, 0.5) is 11.4 Å². The highest BCUT2D eigenvalue weighted by Crippen LogP contribution is 2.26. The fourth-order valence-corrected chi connectivity index (χ4v) is 2.95. The van der Waals surface area contributed by atoms with Gasteiger partial charge in [0.05, 0.1) is 10.7 Å². The van der Waals surface area contributed by atoms with Gasteiger partial charge in [-0.3, -0.25) is 14.9 Å². The van der Waals surface area contributed by atoms with Crippen LogP contribution >= 0.6 is 23.4 Å². The molecule has 1 aromatic heterocycles. The van der Waals surface area contributed by atoms with Gasteiger partial charge < -0.3 is 14.5 Å². The number of nitro groups is 1. The number of amides is 1. The maximum absolute atomic E-state index is 12.1. The summed E-state index contributed by atoms with van der Waals surface area (Å²) in [5, 5.41) is 22.1. The summed E-state index contributed by atoms with van der Waals surface area (Å²) in [5.41, 5.74) is 0.694. The summed E-state index contributed by atoms with van der Waals surface area (Å²) >= 11 is 6.82. The Labute approximate surface area is 174 Å². The average molecular weight is 435 g/mol. The van der Waals surface area contributed by atoms with Crippen molar-refractivity contribution >= 4 is 40.6 Å². The van der Waals surface area contributed by atoms with E-state index in [1.54, 1.807) is 37.3 Å². The average Bonchev–Trinajstić information content (AvgIpc) is 3.15. The number of aromatic nitrogens is 2. The zero-order valence-corrected chi connectivity index (χ0v) is 16.7. The number of rotatable bonds is 8. The number of hydrogen-bond donors (Lipinski definition) is 1. The zero-order valence-electron chi connectivity index (χ0n) is 15.1. The number of ether oxygens (including phenoxy) is 1. The number of aryl methyl sites for hydroxylation is 1. The molecule has 11 heteroatoms. The number of carbonyl (C=O) groups excluding carboxylic acids is 1. The molecule has 0 aliphatic heterocycles. The van der Waals surface area contributed by atoms with Crippen molar-refractivity contribution in [3.05, 3.63) is 69.1 Å². The standard InChI is InChI=1S/C18H15ClN4O5S/c1-11-2-7-14(15(8-11)23(25)26)20-16(24)10-29-18-22-21-17(28-18)9-27-13-5-3-12(19)4-6-13/h2-8H,9-10H2,1H3,(H,20,24). The van der Waals surface area contributed by atoms with Crippen LogP contribution in [-0.4, -0.2) is 26.8 Å². The number of anilines is 1. The molecule has 0 fully saturated rings. The molecule has 0 saturated carbocycles. The van der Waals surface area contributed by atoms with Gasteiger partial charge in [-0.1, -0.05) is 29.4 Å². The number of thioether (sulfide) groups is 1. The van der Waals surface area contributed by atoms with Gasteiger partial charge in [0.15, 0.2) is 6.61 Å². The first-order chi connectivity index (χ1) is 13.9. The van der Waals surface area contributed by atoms with Gasteiger partial charge in [-0.15, -0.1) is 10.2 Å². The van der Waals surface area contributed by atoms with Crippen molar-refractivity contribution in [2.24, 2.45) is 0 Å². The second-order valence-electron chi connectivity index (χ2n) is 5.82. The van der Waals surface area contributed by atoms with Crippen LogP contribution in [0.2, 0.25) is 5.02 Å². The van der Waals surface area contributed by atoms with Crippen LogP contribution in [-0.2, 0) is 11.4 Å². The van der Waals surface area contributed by atoms with E-state index in [1.807, 2.05) is 0 Å². The molecule has 0 aliphatic carbocycles. The molecule has 2 aromatic carbocycles. The Morgan fingerprint density at radius 3 is 2.76 bits per heavy atom. The molecule has 1 heterocycles. The van der Waals surface area contributed by atoms with E-state index in [-0.39, 0.29) is 34.8 Å². The van der Waals surface area contributed by atoms with Crippen LogP contribution in [0.25, 0.3) is 0 Å². The minimum atomic E-state index is -0.541. The summed E-state index contributed by atoms with van der Waals surface area (Å²) < 4.78 is 10.9. The van der Waals surface area contributed by atoms with Gasteiger partial charge in [0.1, 0.15) is 11.4 Å². The molecular weight excluding hydrogens is 420 g/mol. The summed E-state index contributed by atoms with van der Waals surface area (Å²) in [7, 11) is 0. The highest BCUT2D eigenvalue weighted by molar-refractivity contribution is 7.99. The van der Waals surface area contributed by atoms with Crippen LogP contribution in [0.15, 0.2) is 52.1 Å². The molecule has 0 spiro atoms. The molecule has 0 bridgehead atoms. The van der Waals surface area contributed by atoms with Crippen molar-refractivity contribution in [2.45, 2.75) is 18.8 Å². The lowest BCUT2D eigenvalue weighted by Gasteiger charge is -2.05. The first kappa shape index (κ1) is 20.6. The number of hydrogen-bond acceptors (Lipinski definition) is 8. The topological polar surface area (TPSA) is 120 Å². The summed E-state index contributed by atoms with van der Waals surface area (Å²) in [6, 6.07) is 11.4. The summed E-state index contributed by atoms with van der Waals surface area (Å²) in [6.07, 6.45) is 0. The number of nitrogens with zero attached hydrogens (tertiary/aromatic N) is 3. The lowest BCUT2D eigenvalue weighted by Crippen LogP contribution is -2.15. The van der Waals surface area contributed by atoms with Crippen molar-refractivity contribution in [3.8, 4) is 5.75 Å². The molecule has 29 heavy (non-hydrogen) atoms. The minimum Gasteiger partial charge on any atom is -0.484 e. The van der Waals surface area contributed by atoms with Crippen LogP contribution in [0.1, 0.15) is 11.5 Å². The number of halogens is 1. The smallest absolute Gasteiger partial charge is 0.293 e. The van der Waals surface area contributed by atoms with Gasteiger partial charge in [-0.2, -0.15) is 0 Å². The first-order valence-corrected chi connectivity index (χ1v) is 9.65. The van der Waals surface area contributed by atoms with E-state index >= 15 is 0 Å². The number of nitro benzene ring substituents is 1. The molecule has 0 unspecified atom stereocenters. The Kier molecular flexibility index (Phi) is 6.68. The summed E-state index contributed by atoms with van der Waals surface area (Å²) in [5.74, 6) is 0.363. The lowest BCUT2D eigenvalue weighted by molar-refractivity contribution is -0.384. The molecule has 0 aliphatic rings. The quantitative estimate of drug-likeness (QED) is 0.317. The molecule has 3 rings (SSSR count). The zero-order chi connectivity index (χ0) is 20.8. The number of nitrogens with one attached hydrogen (secondary N) is 1. The molecule has 0 saturated heterocycles. The largest absolute Gasteiger partial charge is 0.484 e.